The van der Waals surface area contributed by atoms with Gasteiger partial charge in [-0.25, -0.2) is 4.57 Å². The van der Waals surface area contributed by atoms with Crippen molar-refractivity contribution in [3.63, 3.8) is 0 Å². The Balaban J connectivity index is 4.33. The van der Waals surface area contributed by atoms with E-state index in [1.54, 1.807) is 6.08 Å². The summed E-state index contributed by atoms with van der Waals surface area (Å²) in [7, 11) is 1.56. The Bertz CT molecular complexity index is 1210. The number of unbranched alkanes of at least 4 members (excludes halogenated alkanes) is 26. The van der Waals surface area contributed by atoms with Gasteiger partial charge in [0.25, 0.3) is 0 Å². The number of nitrogens with one attached hydrogen (secondary N) is 1. The fourth-order valence-corrected chi connectivity index (χ4v) is 8.12. The third kappa shape index (κ3) is 48.0. The fourth-order valence-electron chi connectivity index (χ4n) is 7.39. The Morgan fingerprint density at radius 1 is 0.556 bits per heavy atom. The van der Waals surface area contributed by atoms with Gasteiger partial charge in [0.2, 0.25) is 5.91 Å². The van der Waals surface area contributed by atoms with Gasteiger partial charge in [-0.3, -0.25) is 13.8 Å². The van der Waals surface area contributed by atoms with Crippen LogP contribution in [0.4, 0.5) is 0 Å². The maximum Gasteiger partial charge on any atom is 0.472 e. The molecule has 3 atom stereocenters. The van der Waals surface area contributed by atoms with Crippen LogP contribution in [0.2, 0.25) is 0 Å². The van der Waals surface area contributed by atoms with Crippen LogP contribution in [0.15, 0.2) is 60.8 Å². The van der Waals surface area contributed by atoms with Crippen molar-refractivity contribution < 1.29 is 32.9 Å². The van der Waals surface area contributed by atoms with Gasteiger partial charge in [-0.1, -0.05) is 222 Å². The maximum absolute atomic E-state index is 12.9. The van der Waals surface area contributed by atoms with E-state index in [1.165, 1.54) is 128 Å². The second-order valence-electron chi connectivity index (χ2n) is 18.9. The smallest absolute Gasteiger partial charge is 0.387 e. The van der Waals surface area contributed by atoms with Gasteiger partial charge in [0.15, 0.2) is 0 Å². The van der Waals surface area contributed by atoms with Crippen LogP contribution in [0.5, 0.6) is 0 Å². The SMILES string of the molecule is CC/C=C\C/C=C\C/C=C\C/C=C\CCCCCCCCC(=O)NC(COP(=O)(O)OCC[N+](C)(C)C)C(O)/C=C/CCCCCCCCCCCCCCCCCCCCCC. The van der Waals surface area contributed by atoms with E-state index in [1.807, 2.05) is 27.2 Å². The first kappa shape index (κ1) is 61.2. The van der Waals surface area contributed by atoms with E-state index >= 15 is 0 Å². The Labute approximate surface area is 390 Å². The number of carbonyl (C=O) groups excluding carboxylic acids is 1. The number of phosphoric acid groups is 1. The molecule has 0 aromatic carbocycles. The number of rotatable bonds is 47. The second kappa shape index (κ2) is 45.4. The lowest BCUT2D eigenvalue weighted by Gasteiger charge is -2.25. The first-order valence-electron chi connectivity index (χ1n) is 26.2. The molecule has 0 saturated carbocycles. The Kier molecular flexibility index (Phi) is 44.1. The molecule has 368 valence electrons. The van der Waals surface area contributed by atoms with Gasteiger partial charge < -0.3 is 19.8 Å². The average molecular weight is 906 g/mol. The van der Waals surface area contributed by atoms with E-state index in [4.69, 9.17) is 9.05 Å². The number of hydrogen-bond acceptors (Lipinski definition) is 5. The van der Waals surface area contributed by atoms with Crippen LogP contribution < -0.4 is 5.32 Å². The molecule has 0 rings (SSSR count). The van der Waals surface area contributed by atoms with Crippen LogP contribution in [-0.4, -0.2) is 73.4 Å². The van der Waals surface area contributed by atoms with E-state index in [9.17, 15) is 19.4 Å². The number of hydrogen-bond donors (Lipinski definition) is 3. The highest BCUT2D eigenvalue weighted by atomic mass is 31.2. The van der Waals surface area contributed by atoms with E-state index in [0.29, 0.717) is 17.4 Å². The van der Waals surface area contributed by atoms with Crippen molar-refractivity contribution in [1.82, 2.24) is 5.32 Å². The number of amides is 1. The molecule has 0 heterocycles. The van der Waals surface area contributed by atoms with Crippen molar-refractivity contribution in [2.45, 2.75) is 238 Å². The number of quaternary nitrogens is 1. The first-order chi connectivity index (χ1) is 30.5. The number of phosphoric ester groups is 1. The van der Waals surface area contributed by atoms with Crippen molar-refractivity contribution in [2.75, 3.05) is 40.9 Å². The quantitative estimate of drug-likeness (QED) is 0.0243. The summed E-state index contributed by atoms with van der Waals surface area (Å²) in [6.45, 7) is 4.70. The van der Waals surface area contributed by atoms with Crippen molar-refractivity contribution in [1.29, 1.82) is 0 Å². The highest BCUT2D eigenvalue weighted by Crippen LogP contribution is 2.43. The zero-order valence-corrected chi connectivity index (χ0v) is 42.7. The van der Waals surface area contributed by atoms with Gasteiger partial charge >= 0.3 is 7.82 Å². The molecule has 0 aromatic rings. The highest BCUT2D eigenvalue weighted by molar-refractivity contribution is 7.47. The molecule has 0 radical (unpaired) electrons. The monoisotopic (exact) mass is 906 g/mol. The van der Waals surface area contributed by atoms with Gasteiger partial charge in [0.05, 0.1) is 39.9 Å². The van der Waals surface area contributed by atoms with Crippen LogP contribution in [0.25, 0.3) is 0 Å². The van der Waals surface area contributed by atoms with Gasteiger partial charge in [-0.05, 0) is 57.8 Å². The maximum atomic E-state index is 12.9. The van der Waals surface area contributed by atoms with E-state index in [-0.39, 0.29) is 19.1 Å². The summed E-state index contributed by atoms with van der Waals surface area (Å²) in [5.41, 5.74) is 0. The summed E-state index contributed by atoms with van der Waals surface area (Å²) in [6, 6.07) is -0.857. The predicted octanol–water partition coefficient (Wildman–Crippen LogP) is 15.4. The third-order valence-corrected chi connectivity index (χ3v) is 12.5. The van der Waals surface area contributed by atoms with E-state index < -0.39 is 20.0 Å². The Morgan fingerprint density at radius 3 is 1.40 bits per heavy atom. The number of likely N-dealkylation sites (N-methyl/N-ethyl adjacent to an activating group) is 1. The van der Waals surface area contributed by atoms with Gasteiger partial charge in [-0.15, -0.1) is 0 Å². The van der Waals surface area contributed by atoms with Crippen LogP contribution in [-0.2, 0) is 18.4 Å². The molecule has 0 aliphatic carbocycles. The fraction of sp³-hybridized carbons (Fsp3) is 0.796. The second-order valence-corrected chi connectivity index (χ2v) is 20.3. The van der Waals surface area contributed by atoms with E-state index in [2.05, 4.69) is 67.8 Å². The topological polar surface area (TPSA) is 105 Å². The number of allylic oxidation sites excluding steroid dienone is 9. The highest BCUT2D eigenvalue weighted by Gasteiger charge is 2.27. The first-order valence-corrected chi connectivity index (χ1v) is 27.7. The van der Waals surface area contributed by atoms with Gasteiger partial charge in [0, 0.05) is 6.42 Å². The molecular formula is C54H102N2O6P+. The lowest BCUT2D eigenvalue weighted by Crippen LogP contribution is -2.45. The molecule has 63 heavy (non-hydrogen) atoms. The summed E-state index contributed by atoms with van der Waals surface area (Å²) in [4.78, 5) is 23.2. The minimum Gasteiger partial charge on any atom is -0.387 e. The number of nitrogens with zero attached hydrogens (tertiary/aromatic N) is 1. The average Bonchev–Trinajstić information content (AvgIpc) is 3.24. The Hall–Kier alpha value is -1.80. The lowest BCUT2D eigenvalue weighted by atomic mass is 10.0. The van der Waals surface area contributed by atoms with Crippen molar-refractivity contribution in [3.05, 3.63) is 60.8 Å². The van der Waals surface area contributed by atoms with Crippen LogP contribution >= 0.6 is 7.82 Å². The molecule has 0 bridgehead atoms. The van der Waals surface area contributed by atoms with Crippen molar-refractivity contribution in [2.24, 2.45) is 0 Å². The number of aliphatic hydroxyl groups excluding tert-OH is 1. The summed E-state index contributed by atoms with van der Waals surface area (Å²) in [6.07, 6.45) is 60.1. The standard InChI is InChI=1S/C54H101N2O6P/c1-6-8-10-12-14-16-18-20-22-24-26-27-28-30-31-33-35-37-39-41-43-45-47-53(57)52(51-62-63(59,60)61-50-49-56(3,4)5)55-54(58)48-46-44-42-40-38-36-34-32-29-25-23-21-19-17-15-13-11-9-7-2/h9,11,15,17,21,23,29,32,45,47,52-53,57H,6-8,10,12-14,16,18-20,22,24-28,30-31,33-44,46,48-51H2,1-5H3,(H-,55,58,59,60)/p+1/b11-9-,17-15-,23-21-,32-29-,47-45+. The number of carbonyl (C=O) groups is 1. The minimum absolute atomic E-state index is 0.0562. The summed E-state index contributed by atoms with van der Waals surface area (Å²) in [5.74, 6) is -0.191. The zero-order valence-electron chi connectivity index (χ0n) is 41.8. The molecule has 0 fully saturated rings. The molecule has 0 aliphatic heterocycles. The third-order valence-electron chi connectivity index (χ3n) is 11.5. The lowest BCUT2D eigenvalue weighted by molar-refractivity contribution is -0.870. The van der Waals surface area contributed by atoms with Crippen molar-refractivity contribution in [3.8, 4) is 0 Å². The van der Waals surface area contributed by atoms with Crippen LogP contribution in [0.1, 0.15) is 226 Å². The summed E-state index contributed by atoms with van der Waals surface area (Å²) in [5, 5.41) is 13.9. The molecule has 8 nitrogen and oxygen atoms in total. The zero-order chi connectivity index (χ0) is 46.4. The normalized spacial score (nSPS) is 14.6. The minimum atomic E-state index is -4.35. The Morgan fingerprint density at radius 2 is 0.952 bits per heavy atom. The van der Waals surface area contributed by atoms with Gasteiger partial charge in [-0.2, -0.15) is 0 Å². The molecule has 0 spiro atoms. The summed E-state index contributed by atoms with van der Waals surface area (Å²) >= 11 is 0. The van der Waals surface area contributed by atoms with Crippen LogP contribution in [0, 0.1) is 0 Å². The van der Waals surface area contributed by atoms with Crippen molar-refractivity contribution >= 4 is 13.7 Å². The molecule has 0 aliphatic rings. The predicted molar refractivity (Wildman–Crippen MR) is 272 cm³/mol. The molecule has 3 N–H and O–H groups in total. The molecule has 1 amide bonds. The van der Waals surface area contributed by atoms with Crippen LogP contribution in [0.3, 0.4) is 0 Å². The molecule has 0 saturated heterocycles. The molecule has 9 heteroatoms. The van der Waals surface area contributed by atoms with E-state index in [0.717, 1.165) is 77.0 Å². The molecule has 3 unspecified atom stereocenters. The molecular weight excluding hydrogens is 804 g/mol. The molecule has 0 aromatic heterocycles. The van der Waals surface area contributed by atoms with Gasteiger partial charge in [0.1, 0.15) is 13.2 Å². The largest absolute Gasteiger partial charge is 0.472 e. The summed E-state index contributed by atoms with van der Waals surface area (Å²) < 4.78 is 23.7. The number of aliphatic hydroxyl groups is 1.